The predicted molar refractivity (Wildman–Crippen MR) is 50.6 cm³/mol. The highest BCUT2D eigenvalue weighted by Crippen LogP contribution is 2.27. The van der Waals surface area contributed by atoms with Gasteiger partial charge in [-0.05, 0) is 12.5 Å². The minimum Gasteiger partial charge on any atom is -0.288 e. The fraction of sp³-hybridized carbons (Fsp3) is 0.273. The Bertz CT molecular complexity index is 445. The fourth-order valence-corrected chi connectivity index (χ4v) is 1.30. The van der Waals surface area contributed by atoms with Crippen LogP contribution in [0.3, 0.4) is 0 Å². The van der Waals surface area contributed by atoms with Crippen LogP contribution in [0.5, 0.6) is 0 Å². The lowest BCUT2D eigenvalue weighted by atomic mass is 9.94. The Labute approximate surface area is 90.3 Å². The molecule has 0 aliphatic carbocycles. The summed E-state index contributed by atoms with van der Waals surface area (Å²) in [5, 5.41) is 8.63. The number of hydrogen-bond acceptors (Lipinski definition) is 2. The molecule has 0 aliphatic rings. The average Bonchev–Trinajstić information content (AvgIpc) is 2.17. The van der Waals surface area contributed by atoms with Gasteiger partial charge in [0.25, 0.3) is 5.78 Å². The Morgan fingerprint density at radius 1 is 1.44 bits per heavy atom. The van der Waals surface area contributed by atoms with E-state index in [1.165, 1.54) is 24.3 Å². The number of nitrogens with zero attached hydrogens (tertiary/aromatic N) is 1. The molecule has 1 atom stereocenters. The lowest BCUT2D eigenvalue weighted by Gasteiger charge is -2.11. The van der Waals surface area contributed by atoms with Crippen molar-refractivity contribution in [3.63, 3.8) is 0 Å². The van der Waals surface area contributed by atoms with Crippen LogP contribution < -0.4 is 0 Å². The first-order chi connectivity index (χ1) is 7.36. The number of benzene rings is 1. The number of hydrogen-bond donors (Lipinski definition) is 0. The van der Waals surface area contributed by atoms with Crippen LogP contribution >= 0.6 is 0 Å². The molecule has 0 saturated carbocycles. The van der Waals surface area contributed by atoms with Crippen molar-refractivity contribution in [3.8, 4) is 6.07 Å². The lowest BCUT2D eigenvalue weighted by molar-refractivity contribution is -0.171. The number of ketones is 1. The van der Waals surface area contributed by atoms with Gasteiger partial charge in [-0.2, -0.15) is 18.4 Å². The largest absolute Gasteiger partial charge is 0.451 e. The van der Waals surface area contributed by atoms with Crippen molar-refractivity contribution >= 4 is 5.78 Å². The number of carbonyl (C=O) groups excluding carboxylic acids is 1. The van der Waals surface area contributed by atoms with Gasteiger partial charge in [-0.25, -0.2) is 0 Å². The van der Waals surface area contributed by atoms with Gasteiger partial charge in [-0.3, -0.25) is 4.79 Å². The molecule has 1 unspecified atom stereocenters. The maximum Gasteiger partial charge on any atom is 0.451 e. The quantitative estimate of drug-likeness (QED) is 0.779. The van der Waals surface area contributed by atoms with E-state index in [2.05, 4.69) is 0 Å². The smallest absolute Gasteiger partial charge is 0.288 e. The Kier molecular flexibility index (Phi) is 3.33. The molecule has 0 spiro atoms. The highest BCUT2D eigenvalue weighted by molar-refractivity contribution is 5.92. The average molecular weight is 227 g/mol. The van der Waals surface area contributed by atoms with E-state index in [0.717, 1.165) is 0 Å². The molecule has 5 heteroatoms. The number of Topliss-reactive ketones (excluding diaryl/α,β-unsaturated/α-hetero) is 1. The molecule has 84 valence electrons. The van der Waals surface area contributed by atoms with Crippen LogP contribution in [0.15, 0.2) is 24.3 Å². The summed E-state index contributed by atoms with van der Waals surface area (Å²) in [7, 11) is 0. The Morgan fingerprint density at radius 2 is 2.06 bits per heavy atom. The zero-order valence-corrected chi connectivity index (χ0v) is 8.38. The highest BCUT2D eigenvalue weighted by atomic mass is 19.4. The normalized spacial score (nSPS) is 12.9. The minimum absolute atomic E-state index is 0.0739. The summed E-state index contributed by atoms with van der Waals surface area (Å²) in [5.41, 5.74) is 0.776. The lowest BCUT2D eigenvalue weighted by Crippen LogP contribution is -2.28. The van der Waals surface area contributed by atoms with Crippen LogP contribution in [-0.2, 0) is 4.79 Å². The molecule has 0 aromatic heterocycles. The van der Waals surface area contributed by atoms with Crippen molar-refractivity contribution in [3.05, 3.63) is 35.4 Å². The predicted octanol–water partition coefficient (Wildman–Crippen LogP) is 2.73. The van der Waals surface area contributed by atoms with Gasteiger partial charge in [-0.15, -0.1) is 0 Å². The van der Waals surface area contributed by atoms with Gasteiger partial charge in [0.15, 0.2) is 0 Å². The summed E-state index contributed by atoms with van der Waals surface area (Å²) in [4.78, 5) is 11.0. The van der Waals surface area contributed by atoms with E-state index in [1.807, 2.05) is 0 Å². The summed E-state index contributed by atoms with van der Waals surface area (Å²) in [6, 6.07) is 7.31. The van der Waals surface area contributed by atoms with E-state index in [1.54, 1.807) is 13.0 Å². The topological polar surface area (TPSA) is 40.9 Å². The molecule has 1 aromatic carbocycles. The van der Waals surface area contributed by atoms with E-state index in [0.29, 0.717) is 5.56 Å². The molecule has 16 heavy (non-hydrogen) atoms. The number of halogens is 3. The number of rotatable bonds is 2. The maximum absolute atomic E-state index is 12.2. The van der Waals surface area contributed by atoms with Gasteiger partial charge in [0.2, 0.25) is 0 Å². The summed E-state index contributed by atoms with van der Waals surface area (Å²) in [5.74, 6) is -3.81. The van der Waals surface area contributed by atoms with Crippen molar-refractivity contribution in [2.75, 3.05) is 0 Å². The third kappa shape index (κ3) is 2.60. The minimum atomic E-state index is -4.98. The summed E-state index contributed by atoms with van der Waals surface area (Å²) >= 11 is 0. The first kappa shape index (κ1) is 12.2. The van der Waals surface area contributed by atoms with Gasteiger partial charge in [-0.1, -0.05) is 29.8 Å². The second kappa shape index (κ2) is 4.35. The summed E-state index contributed by atoms with van der Waals surface area (Å²) in [6.07, 6.45) is -4.98. The number of carbonyl (C=O) groups is 1. The molecule has 1 aromatic rings. The standard InChI is InChI=1S/C11H8F3NO/c1-7-3-2-4-8(5-7)9(6-15)10(16)11(12,13)14/h2-5,9H,1H3. The molecule has 0 N–H and O–H groups in total. The molecular weight excluding hydrogens is 219 g/mol. The van der Waals surface area contributed by atoms with Crippen LogP contribution in [0.1, 0.15) is 17.0 Å². The highest BCUT2D eigenvalue weighted by Gasteiger charge is 2.44. The van der Waals surface area contributed by atoms with Crippen LogP contribution in [0.4, 0.5) is 13.2 Å². The molecule has 0 fully saturated rings. The van der Waals surface area contributed by atoms with E-state index < -0.39 is 17.9 Å². The van der Waals surface area contributed by atoms with Gasteiger partial charge in [0.1, 0.15) is 5.92 Å². The first-order valence-electron chi connectivity index (χ1n) is 4.43. The molecule has 0 heterocycles. The van der Waals surface area contributed by atoms with Gasteiger partial charge in [0, 0.05) is 0 Å². The molecule has 0 saturated heterocycles. The molecule has 0 bridgehead atoms. The molecular formula is C11H8F3NO. The van der Waals surface area contributed by atoms with E-state index in [4.69, 9.17) is 5.26 Å². The Hall–Kier alpha value is -1.83. The SMILES string of the molecule is Cc1cccc(C(C#N)C(=O)C(F)(F)F)c1. The second-order valence-electron chi connectivity index (χ2n) is 3.34. The van der Waals surface area contributed by atoms with Crippen LogP contribution in [-0.4, -0.2) is 12.0 Å². The molecule has 1 rings (SSSR count). The first-order valence-corrected chi connectivity index (χ1v) is 4.43. The van der Waals surface area contributed by atoms with Crippen LogP contribution in [0.25, 0.3) is 0 Å². The van der Waals surface area contributed by atoms with Gasteiger partial charge in [0.05, 0.1) is 6.07 Å². The number of nitriles is 1. The monoisotopic (exact) mass is 227 g/mol. The van der Waals surface area contributed by atoms with Crippen molar-refractivity contribution in [2.45, 2.75) is 19.0 Å². The number of aryl methyl sites for hydroxylation is 1. The van der Waals surface area contributed by atoms with E-state index in [-0.39, 0.29) is 5.56 Å². The van der Waals surface area contributed by atoms with Crippen molar-refractivity contribution in [2.24, 2.45) is 0 Å². The zero-order valence-electron chi connectivity index (χ0n) is 8.38. The van der Waals surface area contributed by atoms with E-state index >= 15 is 0 Å². The number of alkyl halides is 3. The maximum atomic E-state index is 12.2. The van der Waals surface area contributed by atoms with Gasteiger partial charge >= 0.3 is 6.18 Å². The van der Waals surface area contributed by atoms with Crippen molar-refractivity contribution in [1.82, 2.24) is 0 Å². The summed E-state index contributed by atoms with van der Waals surface area (Å²) in [6.45, 7) is 1.68. The Morgan fingerprint density at radius 3 is 2.50 bits per heavy atom. The second-order valence-corrected chi connectivity index (χ2v) is 3.34. The van der Waals surface area contributed by atoms with Crippen molar-refractivity contribution in [1.29, 1.82) is 5.26 Å². The Balaban J connectivity index is 3.10. The zero-order chi connectivity index (χ0) is 12.3. The molecule has 0 radical (unpaired) electrons. The molecule has 0 amide bonds. The molecule has 0 aliphatic heterocycles. The summed E-state index contributed by atoms with van der Waals surface area (Å²) < 4.78 is 36.5. The van der Waals surface area contributed by atoms with Gasteiger partial charge < -0.3 is 0 Å². The van der Waals surface area contributed by atoms with Crippen LogP contribution in [0.2, 0.25) is 0 Å². The van der Waals surface area contributed by atoms with Crippen LogP contribution in [0, 0.1) is 18.3 Å². The molecule has 2 nitrogen and oxygen atoms in total. The fourth-order valence-electron chi connectivity index (χ4n) is 1.30. The third-order valence-electron chi connectivity index (χ3n) is 2.05. The van der Waals surface area contributed by atoms with E-state index in [9.17, 15) is 18.0 Å². The third-order valence-corrected chi connectivity index (χ3v) is 2.05. The van der Waals surface area contributed by atoms with Crippen molar-refractivity contribution < 1.29 is 18.0 Å².